The molecule has 31 heavy (non-hydrogen) atoms. The summed E-state index contributed by atoms with van der Waals surface area (Å²) in [5.74, 6) is -1.20. The highest BCUT2D eigenvalue weighted by atomic mass is 31.2. The van der Waals surface area contributed by atoms with Crippen molar-refractivity contribution in [2.75, 3.05) is 18.1 Å². The molecule has 1 aromatic carbocycles. The number of aliphatic hydroxyl groups is 3. The summed E-state index contributed by atoms with van der Waals surface area (Å²) in [6.07, 6.45) is -4.98. The number of nitrogens with zero attached hydrogens (tertiary/aromatic N) is 2. The minimum atomic E-state index is -4.88. The molecule has 0 fully saturated rings. The molecule has 3 amide bonds. The first-order chi connectivity index (χ1) is 14.4. The molecule has 6 N–H and O–H groups in total. The van der Waals surface area contributed by atoms with E-state index >= 15 is 0 Å². The van der Waals surface area contributed by atoms with Crippen LogP contribution in [0.4, 0.5) is 10.5 Å². The van der Waals surface area contributed by atoms with E-state index in [4.69, 9.17) is 9.79 Å². The van der Waals surface area contributed by atoms with E-state index < -0.39 is 50.6 Å². The number of aliphatic imine (C=N–C) groups is 1. The molecule has 12 nitrogen and oxygen atoms in total. The predicted molar refractivity (Wildman–Crippen MR) is 107 cm³/mol. The van der Waals surface area contributed by atoms with E-state index in [1.54, 1.807) is 0 Å². The number of hydrogen-bond donors (Lipinski definition) is 6. The minimum absolute atomic E-state index is 0.108. The highest BCUT2D eigenvalue weighted by molar-refractivity contribution is 7.46. The van der Waals surface area contributed by atoms with Gasteiger partial charge in [-0.1, -0.05) is 6.07 Å². The number of fused-ring (bicyclic) bond motifs is 2. The molecule has 1 aromatic rings. The summed E-state index contributed by atoms with van der Waals surface area (Å²) in [6, 6.07) is 2.86. The number of phosphoric ester groups is 1. The van der Waals surface area contributed by atoms with Gasteiger partial charge in [-0.05, 0) is 43.0 Å². The number of carbonyl (C=O) groups is 2. The minimum Gasteiger partial charge on any atom is -0.388 e. The van der Waals surface area contributed by atoms with Gasteiger partial charge in [0.15, 0.2) is 0 Å². The van der Waals surface area contributed by atoms with Crippen LogP contribution in [0.3, 0.4) is 0 Å². The lowest BCUT2D eigenvalue weighted by Gasteiger charge is -2.40. The van der Waals surface area contributed by atoms with Gasteiger partial charge < -0.3 is 30.0 Å². The number of phosphoric acid groups is 1. The Kier molecular flexibility index (Phi) is 6.63. The van der Waals surface area contributed by atoms with Crippen molar-refractivity contribution in [3.8, 4) is 0 Å². The van der Waals surface area contributed by atoms with Crippen LogP contribution in [-0.2, 0) is 20.3 Å². The van der Waals surface area contributed by atoms with E-state index in [-0.39, 0.29) is 12.4 Å². The Bertz CT molecular complexity index is 976. The standard InChI is InChI=1S/C18H24N3O9P/c1-8-3-10-5-11-16(19-18(26)20-17(11)25)21(12(10)4-9(8)2)6-13(22)15(24)14(23)7-30-31(27,28)29/h3-4,11,13-15,22-24H,5-7H2,1-2H3,(H,20,25,26)(H2,27,28,29)/t11-,13+,14-,15+/m1/s1. The molecule has 3 rings (SSSR count). The number of nitrogens with one attached hydrogen (secondary N) is 1. The summed E-state index contributed by atoms with van der Waals surface area (Å²) in [4.78, 5) is 47.0. The van der Waals surface area contributed by atoms with Crippen molar-refractivity contribution >= 4 is 31.3 Å². The molecule has 0 saturated heterocycles. The average molecular weight is 457 g/mol. The van der Waals surface area contributed by atoms with Crippen LogP contribution in [0, 0.1) is 19.8 Å². The SMILES string of the molecule is Cc1cc2c(cc1C)N(C[C@H](O)[C@H](O)[C@H](O)COP(=O)(O)O)C1=NC(=O)NC(=O)[C@@H]1C2. The molecule has 170 valence electrons. The number of β-amino-alcohol motifs (C(OH)–C–C–N with tert-alkyl or cyclic N) is 1. The van der Waals surface area contributed by atoms with E-state index in [0.717, 1.165) is 16.7 Å². The van der Waals surface area contributed by atoms with Gasteiger partial charge in [0, 0.05) is 5.69 Å². The average Bonchev–Trinajstić information content (AvgIpc) is 2.67. The number of rotatable bonds is 7. The zero-order valence-electron chi connectivity index (χ0n) is 16.8. The monoisotopic (exact) mass is 457 g/mol. The third kappa shape index (κ3) is 5.18. The first-order valence-corrected chi connectivity index (χ1v) is 11.0. The number of imide groups is 1. The molecule has 0 radical (unpaired) electrons. The van der Waals surface area contributed by atoms with Crippen LogP contribution in [0.2, 0.25) is 0 Å². The van der Waals surface area contributed by atoms with Gasteiger partial charge in [-0.2, -0.15) is 4.99 Å². The lowest BCUT2D eigenvalue weighted by molar-refractivity contribution is -0.122. The van der Waals surface area contributed by atoms with Crippen molar-refractivity contribution in [3.05, 3.63) is 28.8 Å². The Hall–Kier alpha value is -2.18. The van der Waals surface area contributed by atoms with Crippen molar-refractivity contribution in [3.63, 3.8) is 0 Å². The fourth-order valence-corrected chi connectivity index (χ4v) is 3.93. The third-order valence-corrected chi connectivity index (χ3v) is 5.82. The van der Waals surface area contributed by atoms with Crippen LogP contribution in [0.15, 0.2) is 17.1 Å². The fraction of sp³-hybridized carbons (Fsp3) is 0.500. The molecule has 2 aliphatic heterocycles. The molecule has 0 unspecified atom stereocenters. The number of amidine groups is 1. The molecule has 4 atom stereocenters. The highest BCUT2D eigenvalue weighted by Crippen LogP contribution is 2.37. The van der Waals surface area contributed by atoms with E-state index in [1.807, 2.05) is 26.0 Å². The second kappa shape index (κ2) is 8.75. The summed E-state index contributed by atoms with van der Waals surface area (Å²) in [6.45, 7) is 2.51. The smallest absolute Gasteiger partial charge is 0.388 e. The van der Waals surface area contributed by atoms with Crippen molar-refractivity contribution in [2.24, 2.45) is 10.9 Å². The maximum absolute atomic E-state index is 12.4. The number of hydrogen-bond acceptors (Lipinski definition) is 8. The van der Waals surface area contributed by atoms with E-state index in [1.165, 1.54) is 4.90 Å². The lowest BCUT2D eigenvalue weighted by atomic mass is 9.87. The number of aliphatic hydroxyl groups excluding tert-OH is 3. The van der Waals surface area contributed by atoms with Gasteiger partial charge in [-0.3, -0.25) is 14.6 Å². The number of anilines is 1. The van der Waals surface area contributed by atoms with Crippen LogP contribution < -0.4 is 10.2 Å². The molecule has 0 spiro atoms. The van der Waals surface area contributed by atoms with E-state index in [9.17, 15) is 29.5 Å². The first kappa shape index (κ1) is 23.5. The van der Waals surface area contributed by atoms with Gasteiger partial charge in [0.25, 0.3) is 0 Å². The van der Waals surface area contributed by atoms with Gasteiger partial charge in [0.05, 0.1) is 13.2 Å². The lowest BCUT2D eigenvalue weighted by Crippen LogP contribution is -2.56. The zero-order valence-corrected chi connectivity index (χ0v) is 17.7. The van der Waals surface area contributed by atoms with E-state index in [2.05, 4.69) is 14.8 Å². The molecule has 2 aliphatic rings. The Morgan fingerprint density at radius 3 is 2.48 bits per heavy atom. The van der Waals surface area contributed by atoms with Crippen molar-refractivity contribution < 1.29 is 43.8 Å². The van der Waals surface area contributed by atoms with Gasteiger partial charge >= 0.3 is 13.9 Å². The summed E-state index contributed by atoms with van der Waals surface area (Å²) in [5, 5.41) is 32.8. The Morgan fingerprint density at radius 2 is 1.84 bits per heavy atom. The maximum atomic E-state index is 12.4. The van der Waals surface area contributed by atoms with Crippen LogP contribution in [-0.4, -0.2) is 74.3 Å². The van der Waals surface area contributed by atoms with Crippen molar-refractivity contribution in [1.82, 2.24) is 5.32 Å². The maximum Gasteiger partial charge on any atom is 0.469 e. The number of amides is 3. The van der Waals surface area contributed by atoms with Crippen LogP contribution in [0.1, 0.15) is 16.7 Å². The molecule has 0 bridgehead atoms. The Morgan fingerprint density at radius 1 is 1.19 bits per heavy atom. The normalized spacial score (nSPS) is 21.6. The number of benzene rings is 1. The molecule has 13 heteroatoms. The largest absolute Gasteiger partial charge is 0.469 e. The van der Waals surface area contributed by atoms with Gasteiger partial charge in [0.2, 0.25) is 5.91 Å². The summed E-state index contributed by atoms with van der Waals surface area (Å²) in [5.41, 5.74) is 3.27. The van der Waals surface area contributed by atoms with Crippen molar-refractivity contribution in [2.45, 2.75) is 38.6 Å². The van der Waals surface area contributed by atoms with Gasteiger partial charge in [0.1, 0.15) is 30.1 Å². The summed E-state index contributed by atoms with van der Waals surface area (Å²) < 4.78 is 14.9. The first-order valence-electron chi connectivity index (χ1n) is 9.42. The Balaban J connectivity index is 1.90. The molecular weight excluding hydrogens is 433 g/mol. The molecular formula is C18H24N3O9P. The van der Waals surface area contributed by atoms with Crippen molar-refractivity contribution in [1.29, 1.82) is 0 Å². The molecule has 0 saturated carbocycles. The number of carbonyl (C=O) groups excluding carboxylic acids is 2. The number of urea groups is 1. The van der Waals surface area contributed by atoms with Crippen LogP contribution in [0.5, 0.6) is 0 Å². The summed E-state index contributed by atoms with van der Waals surface area (Å²) in [7, 11) is -4.88. The van der Waals surface area contributed by atoms with Crippen LogP contribution in [0.25, 0.3) is 0 Å². The van der Waals surface area contributed by atoms with Crippen LogP contribution >= 0.6 is 7.82 Å². The molecule has 0 aromatic heterocycles. The van der Waals surface area contributed by atoms with Gasteiger partial charge in [-0.25, -0.2) is 9.36 Å². The third-order valence-electron chi connectivity index (χ3n) is 5.33. The highest BCUT2D eigenvalue weighted by Gasteiger charge is 2.41. The summed E-state index contributed by atoms with van der Waals surface area (Å²) >= 11 is 0. The Labute approximate surface area is 177 Å². The second-order valence-corrected chi connectivity index (χ2v) is 8.85. The fourth-order valence-electron chi connectivity index (χ4n) is 3.59. The molecule has 2 heterocycles. The van der Waals surface area contributed by atoms with Gasteiger partial charge in [-0.15, -0.1) is 0 Å². The van der Waals surface area contributed by atoms with E-state index in [0.29, 0.717) is 12.1 Å². The predicted octanol–water partition coefficient (Wildman–Crippen LogP) is -0.878. The quantitative estimate of drug-likeness (QED) is 0.281. The topological polar surface area (TPSA) is 189 Å². The second-order valence-electron chi connectivity index (χ2n) is 7.61. The molecule has 0 aliphatic carbocycles. The number of aryl methyl sites for hydroxylation is 2. The zero-order chi connectivity index (χ0) is 23.1.